The van der Waals surface area contributed by atoms with Crippen LogP contribution in [0.3, 0.4) is 0 Å². The predicted octanol–water partition coefficient (Wildman–Crippen LogP) is -0.191. The fourth-order valence-corrected chi connectivity index (χ4v) is 2.03. The van der Waals surface area contributed by atoms with E-state index in [0.29, 0.717) is 0 Å². The van der Waals surface area contributed by atoms with Crippen molar-refractivity contribution in [3.8, 4) is 0 Å². The maximum absolute atomic E-state index is 13.3. The first-order valence-electron chi connectivity index (χ1n) is 5.46. The van der Waals surface area contributed by atoms with Gasteiger partial charge in [-0.3, -0.25) is 9.59 Å². The van der Waals surface area contributed by atoms with E-state index in [2.05, 4.69) is 15.5 Å². The fraction of sp³-hybridized carbons (Fsp3) is 0. The van der Waals surface area contributed by atoms with Crippen LogP contribution in [0.1, 0.15) is 10.5 Å². The number of aromatic amines is 1. The second kappa shape index (κ2) is 5.42. The molecule has 2 rings (SSSR count). The molecule has 0 unspecified atom stereocenters. The molecule has 1 aromatic carbocycles. The fourth-order valence-electron chi connectivity index (χ4n) is 1.47. The van der Waals surface area contributed by atoms with Crippen molar-refractivity contribution in [1.82, 2.24) is 10.2 Å². The molecular weight excluding hydrogens is 303 g/mol. The van der Waals surface area contributed by atoms with Crippen molar-refractivity contribution in [2.75, 3.05) is 5.32 Å². The van der Waals surface area contributed by atoms with Gasteiger partial charge in [-0.2, -0.15) is 5.10 Å². The molecule has 8 nitrogen and oxygen atoms in total. The number of carbonyl (C=O) groups excluding carboxylic acids is 1. The number of nitrogens with two attached hydrogens (primary N) is 1. The van der Waals surface area contributed by atoms with Gasteiger partial charge in [0.15, 0.2) is 0 Å². The number of anilines is 1. The molecule has 0 saturated carbocycles. The summed E-state index contributed by atoms with van der Waals surface area (Å²) in [5.41, 5.74) is -0.734. The van der Waals surface area contributed by atoms with Crippen LogP contribution < -0.4 is 16.0 Å². The molecule has 1 amide bonds. The van der Waals surface area contributed by atoms with Gasteiger partial charge >= 0.3 is 0 Å². The first-order chi connectivity index (χ1) is 9.75. The van der Waals surface area contributed by atoms with Gasteiger partial charge in [0.1, 0.15) is 11.5 Å². The molecule has 0 saturated heterocycles. The second-order valence-electron chi connectivity index (χ2n) is 3.98. The summed E-state index contributed by atoms with van der Waals surface area (Å²) in [6.07, 6.45) is 0. The highest BCUT2D eigenvalue weighted by Gasteiger charge is 2.13. The lowest BCUT2D eigenvalue weighted by Gasteiger charge is -2.06. The third-order valence-corrected chi connectivity index (χ3v) is 3.26. The Kier molecular flexibility index (Phi) is 3.82. The van der Waals surface area contributed by atoms with Crippen LogP contribution in [0.5, 0.6) is 0 Å². The van der Waals surface area contributed by atoms with Crippen LogP contribution >= 0.6 is 0 Å². The minimum absolute atomic E-state index is 0.114. The number of benzene rings is 1. The van der Waals surface area contributed by atoms with Crippen LogP contribution in [-0.4, -0.2) is 24.5 Å². The summed E-state index contributed by atoms with van der Waals surface area (Å²) in [4.78, 5) is 22.1. The van der Waals surface area contributed by atoms with Gasteiger partial charge in [0, 0.05) is 11.8 Å². The highest BCUT2D eigenvalue weighted by molar-refractivity contribution is 7.89. The van der Waals surface area contributed by atoms with Crippen molar-refractivity contribution in [3.05, 3.63) is 52.2 Å². The largest absolute Gasteiger partial charge is 0.320 e. The van der Waals surface area contributed by atoms with E-state index in [-0.39, 0.29) is 11.4 Å². The van der Waals surface area contributed by atoms with Crippen LogP contribution in [0.4, 0.5) is 10.1 Å². The van der Waals surface area contributed by atoms with Crippen LogP contribution in [0.15, 0.2) is 40.0 Å². The quantitative estimate of drug-likeness (QED) is 0.722. The Morgan fingerprint density at radius 3 is 2.57 bits per heavy atom. The van der Waals surface area contributed by atoms with Crippen LogP contribution in [0.2, 0.25) is 0 Å². The molecule has 1 heterocycles. The molecule has 0 atom stereocenters. The van der Waals surface area contributed by atoms with Gasteiger partial charge in [-0.05, 0) is 24.3 Å². The van der Waals surface area contributed by atoms with Crippen molar-refractivity contribution in [3.63, 3.8) is 0 Å². The first-order valence-corrected chi connectivity index (χ1v) is 7.01. The molecule has 10 heteroatoms. The monoisotopic (exact) mass is 312 g/mol. The number of hydrogen-bond acceptors (Lipinski definition) is 5. The maximum Gasteiger partial charge on any atom is 0.276 e. The molecule has 4 N–H and O–H groups in total. The molecule has 0 spiro atoms. The Hall–Kier alpha value is -2.59. The van der Waals surface area contributed by atoms with E-state index < -0.39 is 32.2 Å². The molecule has 21 heavy (non-hydrogen) atoms. The van der Waals surface area contributed by atoms with E-state index in [9.17, 15) is 22.4 Å². The van der Waals surface area contributed by atoms with Gasteiger partial charge in [0.25, 0.3) is 11.5 Å². The lowest BCUT2D eigenvalue weighted by Crippen LogP contribution is -2.18. The van der Waals surface area contributed by atoms with Crippen molar-refractivity contribution in [2.45, 2.75) is 4.90 Å². The minimum Gasteiger partial charge on any atom is -0.320 e. The molecule has 0 radical (unpaired) electrons. The average Bonchev–Trinajstić information content (AvgIpc) is 2.37. The molecule has 1 aromatic heterocycles. The van der Waals surface area contributed by atoms with Gasteiger partial charge in [-0.15, -0.1) is 0 Å². The summed E-state index contributed by atoms with van der Waals surface area (Å²) < 4.78 is 35.7. The number of amides is 1. The third kappa shape index (κ3) is 3.70. The lowest BCUT2D eigenvalue weighted by atomic mass is 10.3. The lowest BCUT2D eigenvalue weighted by molar-refractivity contribution is 0.102. The Balaban J connectivity index is 2.31. The van der Waals surface area contributed by atoms with Gasteiger partial charge < -0.3 is 5.32 Å². The van der Waals surface area contributed by atoms with Crippen molar-refractivity contribution < 1.29 is 17.6 Å². The Bertz CT molecular complexity index is 842. The normalized spacial score (nSPS) is 11.1. The molecule has 0 aliphatic heterocycles. The number of rotatable bonds is 3. The number of sulfonamides is 1. The SMILES string of the molecule is NS(=O)(=O)c1cc(F)cc(NC(=O)c2ccc(=O)[nH]n2)c1. The third-order valence-electron chi connectivity index (χ3n) is 2.37. The highest BCUT2D eigenvalue weighted by Crippen LogP contribution is 2.17. The summed E-state index contributed by atoms with van der Waals surface area (Å²) >= 11 is 0. The molecule has 2 aromatic rings. The van der Waals surface area contributed by atoms with Crippen molar-refractivity contribution in [1.29, 1.82) is 0 Å². The molecule has 0 fully saturated rings. The molecular formula is C11H9FN4O4S. The highest BCUT2D eigenvalue weighted by atomic mass is 32.2. The zero-order valence-corrected chi connectivity index (χ0v) is 11.1. The van der Waals surface area contributed by atoms with E-state index in [1.54, 1.807) is 0 Å². The number of halogens is 1. The summed E-state index contributed by atoms with van der Waals surface area (Å²) in [5.74, 6) is -1.64. The number of carbonyl (C=O) groups is 1. The number of hydrogen-bond donors (Lipinski definition) is 3. The summed E-state index contributed by atoms with van der Waals surface area (Å²) in [5, 5.41) is 12.7. The van der Waals surface area contributed by atoms with Crippen LogP contribution in [0.25, 0.3) is 0 Å². The number of primary sulfonamides is 1. The molecule has 110 valence electrons. The second-order valence-corrected chi connectivity index (χ2v) is 5.54. The summed E-state index contributed by atoms with van der Waals surface area (Å²) in [6.45, 7) is 0. The summed E-state index contributed by atoms with van der Waals surface area (Å²) in [6, 6.07) is 4.89. The van der Waals surface area contributed by atoms with E-state index in [4.69, 9.17) is 5.14 Å². The number of nitrogens with zero attached hydrogens (tertiary/aromatic N) is 1. The predicted molar refractivity (Wildman–Crippen MR) is 70.6 cm³/mol. The maximum atomic E-state index is 13.3. The molecule has 0 aliphatic rings. The summed E-state index contributed by atoms with van der Waals surface area (Å²) in [7, 11) is -4.11. The zero-order valence-electron chi connectivity index (χ0n) is 10.3. The van der Waals surface area contributed by atoms with Crippen molar-refractivity contribution in [2.24, 2.45) is 5.14 Å². The van der Waals surface area contributed by atoms with E-state index in [1.165, 1.54) is 0 Å². The first kappa shape index (κ1) is 14.8. The van der Waals surface area contributed by atoms with Gasteiger partial charge in [0.05, 0.1) is 4.90 Å². The Morgan fingerprint density at radius 2 is 2.00 bits per heavy atom. The molecule has 0 bridgehead atoms. The number of nitrogens with one attached hydrogen (secondary N) is 2. The molecule has 0 aliphatic carbocycles. The van der Waals surface area contributed by atoms with Crippen LogP contribution in [0, 0.1) is 5.82 Å². The average molecular weight is 312 g/mol. The van der Waals surface area contributed by atoms with E-state index in [0.717, 1.165) is 30.3 Å². The Morgan fingerprint density at radius 1 is 1.29 bits per heavy atom. The number of H-pyrrole nitrogens is 1. The topological polar surface area (TPSA) is 135 Å². The van der Waals surface area contributed by atoms with Gasteiger partial charge in [0.2, 0.25) is 10.0 Å². The Labute approximate surface area is 117 Å². The van der Waals surface area contributed by atoms with Gasteiger partial charge in [-0.1, -0.05) is 0 Å². The smallest absolute Gasteiger partial charge is 0.276 e. The van der Waals surface area contributed by atoms with E-state index in [1.807, 2.05) is 0 Å². The zero-order chi connectivity index (χ0) is 15.6. The standard InChI is InChI=1S/C11H9FN4O4S/c12-6-3-7(5-8(4-6)21(13,19)20)14-11(18)9-1-2-10(17)16-15-9/h1-5H,(H,14,18)(H,16,17)(H2,13,19,20). The van der Waals surface area contributed by atoms with Gasteiger partial charge in [-0.25, -0.2) is 23.0 Å². The van der Waals surface area contributed by atoms with E-state index >= 15 is 0 Å². The van der Waals surface area contributed by atoms with Crippen molar-refractivity contribution >= 4 is 21.6 Å². The minimum atomic E-state index is -4.11. The van der Waals surface area contributed by atoms with Crippen LogP contribution in [-0.2, 0) is 10.0 Å². The number of aromatic nitrogens is 2.